The molecule has 1 atom stereocenters. The zero-order valence-corrected chi connectivity index (χ0v) is 23.0. The first-order chi connectivity index (χ1) is 18.0. The number of nitrogens with one attached hydrogen (secondary N) is 1. The first kappa shape index (κ1) is 29.1. The Balaban J connectivity index is 2.00. The maximum absolute atomic E-state index is 14.6. The first-order valence-electron chi connectivity index (χ1n) is 12.1. The molecular formula is C28H31ClFN3O4S. The molecule has 38 heavy (non-hydrogen) atoms. The van der Waals surface area contributed by atoms with Crippen LogP contribution in [0, 0.1) is 11.7 Å². The number of amides is 2. The number of carbonyl (C=O) groups excluding carboxylic acids is 2. The normalized spacial score (nSPS) is 12.2. The van der Waals surface area contributed by atoms with Crippen molar-refractivity contribution in [3.8, 4) is 0 Å². The molecule has 0 aliphatic carbocycles. The molecule has 0 saturated carbocycles. The van der Waals surface area contributed by atoms with Crippen molar-refractivity contribution >= 4 is 39.1 Å². The molecule has 0 bridgehead atoms. The van der Waals surface area contributed by atoms with Gasteiger partial charge in [-0.15, -0.1) is 0 Å². The van der Waals surface area contributed by atoms with Gasteiger partial charge in [0.2, 0.25) is 11.8 Å². The third-order valence-electron chi connectivity index (χ3n) is 5.88. The van der Waals surface area contributed by atoms with E-state index in [4.69, 9.17) is 11.6 Å². The molecule has 10 heteroatoms. The van der Waals surface area contributed by atoms with Gasteiger partial charge in [0.15, 0.2) is 0 Å². The Labute approximate surface area is 228 Å². The summed E-state index contributed by atoms with van der Waals surface area (Å²) >= 11 is 6.01. The van der Waals surface area contributed by atoms with Crippen molar-refractivity contribution in [1.82, 2.24) is 10.2 Å². The van der Waals surface area contributed by atoms with E-state index in [-0.39, 0.29) is 28.6 Å². The molecule has 3 rings (SSSR count). The van der Waals surface area contributed by atoms with Gasteiger partial charge in [0.25, 0.3) is 10.0 Å². The summed E-state index contributed by atoms with van der Waals surface area (Å²) in [5.41, 5.74) is 0.419. The van der Waals surface area contributed by atoms with Gasteiger partial charge < -0.3 is 10.2 Å². The van der Waals surface area contributed by atoms with Crippen LogP contribution in [0.2, 0.25) is 5.02 Å². The number of rotatable bonds is 11. The van der Waals surface area contributed by atoms with Crippen LogP contribution in [-0.4, -0.2) is 44.3 Å². The number of nitrogens with zero attached hydrogens (tertiary/aromatic N) is 2. The minimum atomic E-state index is -4.18. The molecule has 0 spiro atoms. The van der Waals surface area contributed by atoms with Gasteiger partial charge in [-0.2, -0.15) is 0 Å². The highest BCUT2D eigenvalue weighted by atomic mass is 35.5. The second-order valence-corrected chi connectivity index (χ2v) is 11.5. The molecule has 0 saturated heterocycles. The van der Waals surface area contributed by atoms with Crippen LogP contribution in [0.4, 0.5) is 10.1 Å². The minimum absolute atomic E-state index is 0.00821. The number of benzene rings is 3. The summed E-state index contributed by atoms with van der Waals surface area (Å²) in [4.78, 5) is 27.9. The molecule has 0 aliphatic rings. The van der Waals surface area contributed by atoms with Crippen molar-refractivity contribution in [3.05, 3.63) is 95.3 Å². The molecular weight excluding hydrogens is 529 g/mol. The van der Waals surface area contributed by atoms with Gasteiger partial charge in [-0.05, 0) is 55.3 Å². The molecule has 3 aromatic carbocycles. The number of sulfonamides is 1. The van der Waals surface area contributed by atoms with E-state index in [1.165, 1.54) is 66.4 Å². The molecule has 202 valence electrons. The van der Waals surface area contributed by atoms with E-state index in [0.717, 1.165) is 4.31 Å². The second-order valence-electron chi connectivity index (χ2n) is 9.23. The Kier molecular flexibility index (Phi) is 9.88. The average molecular weight is 560 g/mol. The maximum Gasteiger partial charge on any atom is 0.264 e. The van der Waals surface area contributed by atoms with E-state index in [1.54, 1.807) is 24.3 Å². The highest BCUT2D eigenvalue weighted by Crippen LogP contribution is 2.26. The second kappa shape index (κ2) is 12.9. The first-order valence-corrected chi connectivity index (χ1v) is 14.0. The Morgan fingerprint density at radius 3 is 2.13 bits per heavy atom. The standard InChI is InChI=1S/C28H31ClFN3O4S/c1-20(2)17-31-28(35)21(3)32(18-22-9-7-8-12-26(22)30)27(34)19-33(24-15-13-23(29)14-16-24)38(36,37)25-10-5-4-6-11-25/h4-16,20-21H,17-19H2,1-3H3,(H,31,35). The maximum atomic E-state index is 14.6. The fourth-order valence-corrected chi connectivity index (χ4v) is 5.26. The van der Waals surface area contributed by atoms with Crippen LogP contribution in [-0.2, 0) is 26.2 Å². The van der Waals surface area contributed by atoms with Crippen LogP contribution in [0.1, 0.15) is 26.3 Å². The summed E-state index contributed by atoms with van der Waals surface area (Å²) in [5, 5.41) is 3.19. The smallest absolute Gasteiger partial charge is 0.264 e. The van der Waals surface area contributed by atoms with Crippen molar-refractivity contribution in [2.45, 2.75) is 38.3 Å². The summed E-state index contributed by atoms with van der Waals surface area (Å²) in [5.74, 6) is -1.45. The largest absolute Gasteiger partial charge is 0.354 e. The summed E-state index contributed by atoms with van der Waals surface area (Å²) in [6.07, 6.45) is 0. The number of hydrogen-bond acceptors (Lipinski definition) is 4. The monoisotopic (exact) mass is 559 g/mol. The van der Waals surface area contributed by atoms with Gasteiger partial charge in [0.1, 0.15) is 18.4 Å². The van der Waals surface area contributed by atoms with Gasteiger partial charge in [0, 0.05) is 23.7 Å². The van der Waals surface area contributed by atoms with Crippen LogP contribution in [0.5, 0.6) is 0 Å². The SMILES string of the molecule is CC(C)CNC(=O)C(C)N(Cc1ccccc1F)C(=O)CN(c1ccc(Cl)cc1)S(=O)(=O)c1ccccc1. The molecule has 1 N–H and O–H groups in total. The predicted octanol–water partition coefficient (Wildman–Crippen LogP) is 4.86. The quantitative estimate of drug-likeness (QED) is 0.363. The summed E-state index contributed by atoms with van der Waals surface area (Å²) < 4.78 is 42.8. The van der Waals surface area contributed by atoms with Crippen molar-refractivity contribution in [1.29, 1.82) is 0 Å². The lowest BCUT2D eigenvalue weighted by atomic mass is 10.1. The number of carbonyl (C=O) groups is 2. The molecule has 0 aliphatic heterocycles. The Hall–Kier alpha value is -3.43. The Bertz CT molecular complexity index is 1350. The lowest BCUT2D eigenvalue weighted by Gasteiger charge is -2.32. The summed E-state index contributed by atoms with van der Waals surface area (Å²) in [6.45, 7) is 4.96. The molecule has 1 unspecified atom stereocenters. The highest BCUT2D eigenvalue weighted by molar-refractivity contribution is 7.92. The number of hydrogen-bond donors (Lipinski definition) is 1. The number of anilines is 1. The van der Waals surface area contributed by atoms with E-state index < -0.39 is 40.2 Å². The molecule has 0 fully saturated rings. The Morgan fingerprint density at radius 1 is 0.921 bits per heavy atom. The molecule has 3 aromatic rings. The van der Waals surface area contributed by atoms with Crippen LogP contribution in [0.15, 0.2) is 83.8 Å². The lowest BCUT2D eigenvalue weighted by molar-refractivity contribution is -0.139. The van der Waals surface area contributed by atoms with Gasteiger partial charge in [-0.25, -0.2) is 12.8 Å². The van der Waals surface area contributed by atoms with E-state index in [9.17, 15) is 22.4 Å². The van der Waals surface area contributed by atoms with Gasteiger partial charge in [-0.1, -0.05) is 61.8 Å². The van der Waals surface area contributed by atoms with Crippen LogP contribution < -0.4 is 9.62 Å². The fraction of sp³-hybridized carbons (Fsp3) is 0.286. The van der Waals surface area contributed by atoms with Gasteiger partial charge >= 0.3 is 0 Å². The van der Waals surface area contributed by atoms with E-state index in [2.05, 4.69) is 5.32 Å². The molecule has 7 nitrogen and oxygen atoms in total. The molecule has 0 aromatic heterocycles. The zero-order chi connectivity index (χ0) is 27.9. The zero-order valence-electron chi connectivity index (χ0n) is 21.5. The van der Waals surface area contributed by atoms with Gasteiger partial charge in [-0.3, -0.25) is 13.9 Å². The predicted molar refractivity (Wildman–Crippen MR) is 147 cm³/mol. The van der Waals surface area contributed by atoms with E-state index in [1.807, 2.05) is 13.8 Å². The average Bonchev–Trinajstić information content (AvgIpc) is 2.90. The van der Waals surface area contributed by atoms with Crippen molar-refractivity contribution in [3.63, 3.8) is 0 Å². The topological polar surface area (TPSA) is 86.8 Å². The molecule has 2 amide bonds. The third-order valence-corrected chi connectivity index (χ3v) is 7.92. The Morgan fingerprint density at radius 2 is 1.53 bits per heavy atom. The highest BCUT2D eigenvalue weighted by Gasteiger charge is 2.32. The third kappa shape index (κ3) is 7.33. The van der Waals surface area contributed by atoms with E-state index >= 15 is 0 Å². The molecule has 0 radical (unpaired) electrons. The van der Waals surface area contributed by atoms with Crippen molar-refractivity contribution < 1.29 is 22.4 Å². The number of halogens is 2. The lowest BCUT2D eigenvalue weighted by Crippen LogP contribution is -2.51. The van der Waals surface area contributed by atoms with Gasteiger partial charge in [0.05, 0.1) is 10.6 Å². The summed E-state index contributed by atoms with van der Waals surface area (Å²) in [6, 6.07) is 18.7. The van der Waals surface area contributed by atoms with Crippen LogP contribution in [0.25, 0.3) is 0 Å². The minimum Gasteiger partial charge on any atom is -0.354 e. The molecule has 0 heterocycles. The van der Waals surface area contributed by atoms with Crippen molar-refractivity contribution in [2.75, 3.05) is 17.4 Å². The van der Waals surface area contributed by atoms with Crippen LogP contribution in [0.3, 0.4) is 0 Å². The fourth-order valence-electron chi connectivity index (χ4n) is 3.70. The summed E-state index contributed by atoms with van der Waals surface area (Å²) in [7, 11) is -4.18. The van der Waals surface area contributed by atoms with E-state index in [0.29, 0.717) is 11.6 Å². The van der Waals surface area contributed by atoms with Crippen LogP contribution >= 0.6 is 11.6 Å². The van der Waals surface area contributed by atoms with Crippen molar-refractivity contribution in [2.24, 2.45) is 5.92 Å².